The van der Waals surface area contributed by atoms with Gasteiger partial charge >= 0.3 is 0 Å². The second-order valence-electron chi connectivity index (χ2n) is 4.86. The Morgan fingerprint density at radius 3 is 2.60 bits per heavy atom. The topological polar surface area (TPSA) is 41.6 Å². The fourth-order valence-corrected chi connectivity index (χ4v) is 2.67. The van der Waals surface area contributed by atoms with Crippen LogP contribution in [0.1, 0.15) is 17.0 Å². The van der Waals surface area contributed by atoms with Gasteiger partial charge in [-0.2, -0.15) is 0 Å². The number of hydrogen-bond acceptors (Lipinski definition) is 2. The average Bonchev–Trinajstić information content (AvgIpc) is 2.68. The second kappa shape index (κ2) is 4.80. The maximum atomic E-state index is 13.7. The molecular weight excluding hydrogens is 368 g/mol. The van der Waals surface area contributed by atoms with Gasteiger partial charge in [-0.3, -0.25) is 0 Å². The molecule has 2 heterocycles. The Morgan fingerprint density at radius 2 is 1.90 bits per heavy atom. The van der Waals surface area contributed by atoms with Crippen LogP contribution in [0.15, 0.2) is 18.2 Å². The molecule has 0 saturated carbocycles. The molecule has 0 atom stereocenters. The van der Waals surface area contributed by atoms with Gasteiger partial charge < -0.3 is 4.98 Å². The highest BCUT2D eigenvalue weighted by molar-refractivity contribution is 14.1. The highest BCUT2D eigenvalue weighted by Gasteiger charge is 2.13. The van der Waals surface area contributed by atoms with E-state index in [0.717, 1.165) is 28.0 Å². The lowest BCUT2D eigenvalue weighted by Crippen LogP contribution is -1.95. The number of rotatable bonds is 1. The summed E-state index contributed by atoms with van der Waals surface area (Å²) in [5, 5.41) is 1.05. The number of benzene rings is 1. The number of nitrogens with one attached hydrogen (secondary N) is 1. The molecule has 3 nitrogen and oxygen atoms in total. The van der Waals surface area contributed by atoms with Crippen LogP contribution in [-0.2, 0) is 0 Å². The molecule has 2 aromatic heterocycles. The minimum absolute atomic E-state index is 0.247. The van der Waals surface area contributed by atoms with Crippen LogP contribution in [0.2, 0.25) is 0 Å². The molecule has 3 aromatic rings. The van der Waals surface area contributed by atoms with E-state index in [1.54, 1.807) is 6.07 Å². The van der Waals surface area contributed by atoms with Crippen molar-refractivity contribution in [2.45, 2.75) is 20.8 Å². The maximum Gasteiger partial charge on any atom is 0.161 e. The van der Waals surface area contributed by atoms with Crippen LogP contribution in [0.3, 0.4) is 0 Å². The molecule has 1 aromatic carbocycles. The maximum absolute atomic E-state index is 13.7. The zero-order chi connectivity index (χ0) is 14.4. The summed E-state index contributed by atoms with van der Waals surface area (Å²) in [6.07, 6.45) is 0. The molecule has 5 heteroatoms. The molecule has 0 aliphatic carbocycles. The van der Waals surface area contributed by atoms with Crippen molar-refractivity contribution >= 4 is 33.6 Å². The first-order chi connectivity index (χ1) is 9.47. The third-order valence-electron chi connectivity index (χ3n) is 3.51. The van der Waals surface area contributed by atoms with Gasteiger partial charge in [0, 0.05) is 20.2 Å². The van der Waals surface area contributed by atoms with Crippen molar-refractivity contribution in [3.8, 4) is 11.4 Å². The van der Waals surface area contributed by atoms with Crippen LogP contribution in [0, 0.1) is 30.2 Å². The lowest BCUT2D eigenvalue weighted by Gasteiger charge is -2.04. The van der Waals surface area contributed by atoms with Gasteiger partial charge in [0.25, 0.3) is 0 Å². The molecule has 102 valence electrons. The number of aromatic nitrogens is 3. The van der Waals surface area contributed by atoms with E-state index in [9.17, 15) is 4.39 Å². The lowest BCUT2D eigenvalue weighted by molar-refractivity contribution is 0.620. The molecule has 0 spiro atoms. The first-order valence-corrected chi connectivity index (χ1v) is 7.34. The largest absolute Gasteiger partial charge is 0.343 e. The van der Waals surface area contributed by atoms with Crippen molar-refractivity contribution in [2.75, 3.05) is 0 Å². The van der Waals surface area contributed by atoms with E-state index in [1.807, 2.05) is 42.5 Å². The Balaban J connectivity index is 2.24. The van der Waals surface area contributed by atoms with Crippen LogP contribution in [0.5, 0.6) is 0 Å². The standard InChI is InChI=1S/C15H13FIN3/c1-7-8(2)18-15-13(7)9(3)19-14(20-15)10-4-5-12(17)11(16)6-10/h4-6H,1-3H3,(H,18,19,20). The molecule has 0 bridgehead atoms. The van der Waals surface area contributed by atoms with E-state index in [4.69, 9.17) is 0 Å². The number of nitrogens with zero attached hydrogens (tertiary/aromatic N) is 2. The van der Waals surface area contributed by atoms with Gasteiger partial charge in [-0.1, -0.05) is 0 Å². The second-order valence-corrected chi connectivity index (χ2v) is 6.02. The molecule has 0 fully saturated rings. The Hall–Kier alpha value is -1.50. The Bertz CT molecular complexity index is 824. The van der Waals surface area contributed by atoms with Gasteiger partial charge in [0.2, 0.25) is 0 Å². The summed E-state index contributed by atoms with van der Waals surface area (Å²) in [5.41, 5.74) is 4.66. The van der Waals surface area contributed by atoms with Crippen LogP contribution in [-0.4, -0.2) is 15.0 Å². The fourth-order valence-electron chi connectivity index (χ4n) is 2.34. The number of fused-ring (bicyclic) bond motifs is 1. The monoisotopic (exact) mass is 381 g/mol. The van der Waals surface area contributed by atoms with E-state index >= 15 is 0 Å². The van der Waals surface area contributed by atoms with Gasteiger partial charge in [0.1, 0.15) is 11.5 Å². The molecule has 0 radical (unpaired) electrons. The summed E-state index contributed by atoms with van der Waals surface area (Å²) in [6.45, 7) is 6.02. The van der Waals surface area contributed by atoms with Crippen LogP contribution in [0.25, 0.3) is 22.4 Å². The van der Waals surface area contributed by atoms with Crippen molar-refractivity contribution in [3.05, 3.63) is 44.5 Å². The molecule has 3 rings (SSSR count). The SMILES string of the molecule is Cc1[nH]c2nc(-c3ccc(I)c(F)c3)nc(C)c2c1C. The summed E-state index contributed by atoms with van der Waals surface area (Å²) in [4.78, 5) is 12.3. The van der Waals surface area contributed by atoms with E-state index in [2.05, 4.69) is 21.9 Å². The predicted molar refractivity (Wildman–Crippen MR) is 86.2 cm³/mol. The molecule has 20 heavy (non-hydrogen) atoms. The minimum atomic E-state index is -0.247. The molecule has 0 unspecified atom stereocenters. The molecule has 0 saturated heterocycles. The molecule has 1 N–H and O–H groups in total. The normalized spacial score (nSPS) is 11.2. The van der Waals surface area contributed by atoms with Crippen molar-refractivity contribution in [1.29, 1.82) is 0 Å². The first-order valence-electron chi connectivity index (χ1n) is 6.26. The lowest BCUT2D eigenvalue weighted by atomic mass is 10.1. The Kier molecular flexibility index (Phi) is 3.24. The summed E-state index contributed by atoms with van der Waals surface area (Å²) in [5.74, 6) is 0.301. The zero-order valence-corrected chi connectivity index (χ0v) is 13.5. The van der Waals surface area contributed by atoms with E-state index in [0.29, 0.717) is 15.0 Å². The van der Waals surface area contributed by atoms with Crippen molar-refractivity contribution in [3.63, 3.8) is 0 Å². The number of H-pyrrole nitrogens is 1. The predicted octanol–water partition coefficient (Wildman–Crippen LogP) is 4.29. The molecule has 0 amide bonds. The zero-order valence-electron chi connectivity index (χ0n) is 11.4. The van der Waals surface area contributed by atoms with Crippen molar-refractivity contribution in [1.82, 2.24) is 15.0 Å². The van der Waals surface area contributed by atoms with Gasteiger partial charge in [0.15, 0.2) is 5.82 Å². The number of aryl methyl sites for hydroxylation is 3. The third-order valence-corrected chi connectivity index (χ3v) is 4.39. The summed E-state index contributed by atoms with van der Waals surface area (Å²) < 4.78 is 14.3. The summed E-state index contributed by atoms with van der Waals surface area (Å²) in [7, 11) is 0. The third kappa shape index (κ3) is 2.09. The van der Waals surface area contributed by atoms with E-state index in [-0.39, 0.29) is 5.82 Å². The minimum Gasteiger partial charge on any atom is -0.343 e. The van der Waals surface area contributed by atoms with Crippen LogP contribution in [0.4, 0.5) is 4.39 Å². The van der Waals surface area contributed by atoms with Crippen LogP contribution >= 0.6 is 22.6 Å². The molecule has 0 aliphatic rings. The fraction of sp³-hybridized carbons (Fsp3) is 0.200. The van der Waals surface area contributed by atoms with Crippen LogP contribution < -0.4 is 0 Å². The number of aromatic amines is 1. The van der Waals surface area contributed by atoms with Crippen molar-refractivity contribution in [2.24, 2.45) is 0 Å². The summed E-state index contributed by atoms with van der Waals surface area (Å²) >= 11 is 1.97. The van der Waals surface area contributed by atoms with E-state index in [1.165, 1.54) is 6.07 Å². The van der Waals surface area contributed by atoms with Gasteiger partial charge in [-0.05, 0) is 67.1 Å². The van der Waals surface area contributed by atoms with Gasteiger partial charge in [0.05, 0.1) is 5.69 Å². The molecule has 0 aliphatic heterocycles. The smallest absolute Gasteiger partial charge is 0.161 e. The Labute approximate surface area is 129 Å². The van der Waals surface area contributed by atoms with Crippen molar-refractivity contribution < 1.29 is 4.39 Å². The highest BCUT2D eigenvalue weighted by Crippen LogP contribution is 2.26. The van der Waals surface area contributed by atoms with Gasteiger partial charge in [-0.25, -0.2) is 14.4 Å². The highest BCUT2D eigenvalue weighted by atomic mass is 127. The van der Waals surface area contributed by atoms with Gasteiger partial charge in [-0.15, -0.1) is 0 Å². The Morgan fingerprint density at radius 1 is 1.15 bits per heavy atom. The first kappa shape index (κ1) is 13.5. The quantitative estimate of drug-likeness (QED) is 0.639. The van der Waals surface area contributed by atoms with E-state index < -0.39 is 0 Å². The molecular formula is C15H13FIN3. The average molecular weight is 381 g/mol. The number of halogens is 2. The number of hydrogen-bond donors (Lipinski definition) is 1. The summed E-state index contributed by atoms with van der Waals surface area (Å²) in [6, 6.07) is 5.05.